The number of nitrogens with zero attached hydrogens (tertiary/aromatic N) is 2. The van der Waals surface area contributed by atoms with Gasteiger partial charge in [0.15, 0.2) is 23.0 Å². The molecule has 8 aromatic carbocycles. The monoisotopic (exact) mass is 642 g/mol. The van der Waals surface area contributed by atoms with E-state index in [1.54, 1.807) is 0 Å². The van der Waals surface area contributed by atoms with E-state index in [1.165, 1.54) is 21.9 Å². The van der Waals surface area contributed by atoms with Crippen LogP contribution in [0.15, 0.2) is 182 Å². The Morgan fingerprint density at radius 1 is 0.300 bits per heavy atom. The van der Waals surface area contributed by atoms with Crippen molar-refractivity contribution in [2.45, 2.75) is 0 Å². The Hall–Kier alpha value is -6.78. The second-order valence-electron chi connectivity index (χ2n) is 12.6. The van der Waals surface area contributed by atoms with Gasteiger partial charge in [-0.25, -0.2) is 0 Å². The van der Waals surface area contributed by atoms with Gasteiger partial charge in [-0.3, -0.25) is 0 Å². The molecule has 50 heavy (non-hydrogen) atoms. The summed E-state index contributed by atoms with van der Waals surface area (Å²) in [4.78, 5) is 4.56. The van der Waals surface area contributed by atoms with Crippen LogP contribution < -0.4 is 19.3 Å². The summed E-state index contributed by atoms with van der Waals surface area (Å²) in [6.07, 6.45) is 0. The van der Waals surface area contributed by atoms with Gasteiger partial charge in [-0.2, -0.15) is 0 Å². The van der Waals surface area contributed by atoms with Crippen LogP contribution in [0.2, 0.25) is 0 Å². The molecule has 0 N–H and O–H groups in total. The minimum atomic E-state index is 0.847. The van der Waals surface area contributed by atoms with Crippen molar-refractivity contribution in [2.24, 2.45) is 0 Å². The predicted molar refractivity (Wildman–Crippen MR) is 204 cm³/mol. The molecule has 0 saturated heterocycles. The molecule has 4 nitrogen and oxygen atoms in total. The summed E-state index contributed by atoms with van der Waals surface area (Å²) >= 11 is 0. The van der Waals surface area contributed by atoms with Gasteiger partial charge >= 0.3 is 0 Å². The van der Waals surface area contributed by atoms with E-state index in [-0.39, 0.29) is 0 Å². The Kier molecular flexibility index (Phi) is 6.46. The van der Waals surface area contributed by atoms with Crippen molar-refractivity contribution in [1.29, 1.82) is 0 Å². The molecule has 8 aromatic rings. The van der Waals surface area contributed by atoms with E-state index in [1.807, 2.05) is 48.5 Å². The third-order valence-corrected chi connectivity index (χ3v) is 9.62. The summed E-state index contributed by atoms with van der Waals surface area (Å²) in [5.74, 6) is 3.39. The lowest BCUT2D eigenvalue weighted by Gasteiger charge is -2.33. The third-order valence-electron chi connectivity index (χ3n) is 9.62. The maximum atomic E-state index is 6.26. The summed E-state index contributed by atoms with van der Waals surface area (Å²) in [6, 6.07) is 63.8. The maximum Gasteiger partial charge on any atom is 0.151 e. The highest BCUT2D eigenvalue weighted by Gasteiger charge is 2.27. The average molecular weight is 643 g/mol. The Morgan fingerprint density at radius 3 is 0.940 bits per heavy atom. The molecule has 10 rings (SSSR count). The van der Waals surface area contributed by atoms with Crippen LogP contribution in [0.5, 0.6) is 23.0 Å². The molecular formula is C46H30N2O2. The molecule has 0 saturated carbocycles. The fourth-order valence-electron chi connectivity index (χ4n) is 7.26. The van der Waals surface area contributed by atoms with E-state index in [0.29, 0.717) is 0 Å². The van der Waals surface area contributed by atoms with Crippen molar-refractivity contribution in [1.82, 2.24) is 0 Å². The molecule has 2 heterocycles. The number of hydrogen-bond donors (Lipinski definition) is 0. The van der Waals surface area contributed by atoms with Crippen LogP contribution in [0.1, 0.15) is 0 Å². The second-order valence-corrected chi connectivity index (χ2v) is 12.6. The van der Waals surface area contributed by atoms with Crippen molar-refractivity contribution >= 4 is 44.9 Å². The third kappa shape index (κ3) is 4.61. The summed E-state index contributed by atoms with van der Waals surface area (Å²) in [5.41, 5.74) is 10.9. The first-order chi connectivity index (χ1) is 24.8. The molecule has 0 bridgehead atoms. The normalized spacial score (nSPS) is 12.6. The SMILES string of the molecule is c1ccc2c(c1)Oc1ccccc1N2c1ccc(-c2cc3ccccc3cc2-c2ccc(N3c4ccccc4Oc4ccccc43)cc2)cc1. The average Bonchev–Trinajstić information content (AvgIpc) is 3.18. The fraction of sp³-hybridized carbons (Fsp3) is 0. The quantitative estimate of drug-likeness (QED) is 0.191. The molecular weight excluding hydrogens is 613 g/mol. The van der Waals surface area contributed by atoms with Crippen molar-refractivity contribution in [2.75, 3.05) is 9.80 Å². The number of ether oxygens (including phenoxy) is 2. The molecule has 0 aromatic heterocycles. The van der Waals surface area contributed by atoms with E-state index < -0.39 is 0 Å². The zero-order chi connectivity index (χ0) is 33.0. The van der Waals surface area contributed by atoms with E-state index in [0.717, 1.165) is 68.2 Å². The Morgan fingerprint density at radius 2 is 0.600 bits per heavy atom. The lowest BCUT2D eigenvalue weighted by atomic mass is 9.91. The molecule has 0 spiro atoms. The van der Waals surface area contributed by atoms with E-state index in [9.17, 15) is 0 Å². The minimum absolute atomic E-state index is 0.847. The number of benzene rings is 8. The van der Waals surface area contributed by atoms with Gasteiger partial charge in [0, 0.05) is 11.4 Å². The molecule has 4 heteroatoms. The first kappa shape index (κ1) is 28.3. The summed E-state index contributed by atoms with van der Waals surface area (Å²) in [5, 5.41) is 2.43. The number of rotatable bonds is 4. The van der Waals surface area contributed by atoms with Crippen LogP contribution in [-0.4, -0.2) is 0 Å². The highest BCUT2D eigenvalue weighted by Crippen LogP contribution is 2.52. The van der Waals surface area contributed by atoms with Gasteiger partial charge in [0.05, 0.1) is 22.7 Å². The second kappa shape index (κ2) is 11.4. The van der Waals surface area contributed by atoms with Gasteiger partial charge in [-0.15, -0.1) is 0 Å². The van der Waals surface area contributed by atoms with Crippen molar-refractivity contribution in [3.8, 4) is 45.3 Å². The largest absolute Gasteiger partial charge is 0.453 e. The molecule has 2 aliphatic heterocycles. The van der Waals surface area contributed by atoms with Crippen LogP contribution in [0.4, 0.5) is 34.1 Å². The Labute approximate surface area is 290 Å². The summed E-state index contributed by atoms with van der Waals surface area (Å²) < 4.78 is 12.5. The smallest absolute Gasteiger partial charge is 0.151 e. The highest BCUT2D eigenvalue weighted by atomic mass is 16.5. The predicted octanol–water partition coefficient (Wildman–Crippen LogP) is 13.3. The van der Waals surface area contributed by atoms with Crippen molar-refractivity contribution in [3.05, 3.63) is 182 Å². The molecule has 0 atom stereocenters. The van der Waals surface area contributed by atoms with E-state index in [2.05, 4.69) is 143 Å². The summed E-state index contributed by atoms with van der Waals surface area (Å²) in [6.45, 7) is 0. The van der Waals surface area contributed by atoms with Gasteiger partial charge in [0.25, 0.3) is 0 Å². The van der Waals surface area contributed by atoms with Gasteiger partial charge in [-0.1, -0.05) is 97.1 Å². The molecule has 0 radical (unpaired) electrons. The molecule has 0 fully saturated rings. The highest BCUT2D eigenvalue weighted by molar-refractivity contribution is 5.97. The lowest BCUT2D eigenvalue weighted by Crippen LogP contribution is -2.15. The van der Waals surface area contributed by atoms with Gasteiger partial charge < -0.3 is 19.3 Å². The van der Waals surface area contributed by atoms with E-state index >= 15 is 0 Å². The van der Waals surface area contributed by atoms with Gasteiger partial charge in [-0.05, 0) is 118 Å². The Balaban J connectivity index is 1.06. The zero-order valence-corrected chi connectivity index (χ0v) is 27.0. The zero-order valence-electron chi connectivity index (χ0n) is 27.0. The lowest BCUT2D eigenvalue weighted by molar-refractivity contribution is 0.477. The summed E-state index contributed by atoms with van der Waals surface area (Å²) in [7, 11) is 0. The first-order valence-corrected chi connectivity index (χ1v) is 16.8. The minimum Gasteiger partial charge on any atom is -0.453 e. The van der Waals surface area contributed by atoms with Crippen LogP contribution >= 0.6 is 0 Å². The van der Waals surface area contributed by atoms with Crippen LogP contribution in [0.3, 0.4) is 0 Å². The standard InChI is InChI=1S/C46H30N2O2/c1-2-12-34-30-38(32-23-27-36(28-24-32)48-41-15-5-9-19-45(41)50-46-20-10-6-16-42(46)48)37(29-33(34)11-1)31-21-25-35(26-22-31)47-39-13-3-7-17-43(39)49-44-18-8-4-14-40(44)47/h1-30H. The van der Waals surface area contributed by atoms with Crippen molar-refractivity contribution < 1.29 is 9.47 Å². The fourth-order valence-corrected chi connectivity index (χ4v) is 7.26. The molecule has 0 amide bonds. The topological polar surface area (TPSA) is 24.9 Å². The first-order valence-electron chi connectivity index (χ1n) is 16.8. The van der Waals surface area contributed by atoms with E-state index in [4.69, 9.17) is 9.47 Å². The van der Waals surface area contributed by atoms with Crippen LogP contribution in [-0.2, 0) is 0 Å². The number of fused-ring (bicyclic) bond motifs is 5. The van der Waals surface area contributed by atoms with Crippen molar-refractivity contribution in [3.63, 3.8) is 0 Å². The van der Waals surface area contributed by atoms with Gasteiger partial charge in [0.2, 0.25) is 0 Å². The number of hydrogen-bond acceptors (Lipinski definition) is 4. The molecule has 236 valence electrons. The van der Waals surface area contributed by atoms with Crippen LogP contribution in [0.25, 0.3) is 33.0 Å². The van der Waals surface area contributed by atoms with Crippen LogP contribution in [0, 0.1) is 0 Å². The number of para-hydroxylation sites is 8. The Bertz CT molecular complexity index is 2290. The molecule has 0 unspecified atom stereocenters. The molecule has 2 aliphatic rings. The molecule has 0 aliphatic carbocycles. The number of anilines is 6. The maximum absolute atomic E-state index is 6.26. The van der Waals surface area contributed by atoms with Gasteiger partial charge in [0.1, 0.15) is 0 Å².